The Morgan fingerprint density at radius 1 is 1.33 bits per heavy atom. The lowest BCUT2D eigenvalue weighted by Gasteiger charge is -2.36. The Hall–Kier alpha value is -1.32. The lowest BCUT2D eigenvalue weighted by Crippen LogP contribution is -2.40. The summed E-state index contributed by atoms with van der Waals surface area (Å²) in [6.07, 6.45) is 8.11. The monoisotopic (exact) mass is 248 g/mol. The Balaban J connectivity index is 2.14. The number of nitrogens with one attached hydrogen (secondary N) is 1. The summed E-state index contributed by atoms with van der Waals surface area (Å²) < 4.78 is 0. The van der Waals surface area contributed by atoms with Gasteiger partial charge >= 0.3 is 0 Å². The van der Waals surface area contributed by atoms with Crippen LogP contribution in [-0.2, 0) is 0 Å². The molecule has 0 saturated carbocycles. The van der Waals surface area contributed by atoms with Gasteiger partial charge in [-0.1, -0.05) is 13.3 Å². The van der Waals surface area contributed by atoms with Crippen molar-refractivity contribution in [1.29, 1.82) is 0 Å². The van der Waals surface area contributed by atoms with Crippen molar-refractivity contribution in [2.75, 3.05) is 23.3 Å². The normalized spacial score (nSPS) is 19.9. The van der Waals surface area contributed by atoms with Gasteiger partial charge in [-0.3, -0.25) is 0 Å². The zero-order chi connectivity index (χ0) is 12.8. The summed E-state index contributed by atoms with van der Waals surface area (Å²) in [7, 11) is 0. The van der Waals surface area contributed by atoms with E-state index in [1.165, 1.54) is 32.1 Å². The van der Waals surface area contributed by atoms with E-state index in [0.717, 1.165) is 24.7 Å². The number of piperidine rings is 1. The van der Waals surface area contributed by atoms with Crippen LogP contribution in [0.2, 0.25) is 0 Å². The van der Waals surface area contributed by atoms with Crippen LogP contribution >= 0.6 is 0 Å². The number of aromatic nitrogens is 2. The first-order valence-electron chi connectivity index (χ1n) is 7.17. The fourth-order valence-electron chi connectivity index (χ4n) is 2.72. The predicted molar refractivity (Wildman–Crippen MR) is 76.1 cm³/mol. The van der Waals surface area contributed by atoms with Crippen LogP contribution in [0.15, 0.2) is 12.4 Å². The molecule has 2 heterocycles. The van der Waals surface area contributed by atoms with Crippen molar-refractivity contribution < 1.29 is 0 Å². The molecule has 2 rings (SSSR count). The molecule has 1 aromatic heterocycles. The van der Waals surface area contributed by atoms with Crippen molar-refractivity contribution in [3.8, 4) is 0 Å². The van der Waals surface area contributed by atoms with Crippen molar-refractivity contribution in [2.24, 2.45) is 0 Å². The Kier molecular flexibility index (Phi) is 4.79. The van der Waals surface area contributed by atoms with E-state index < -0.39 is 0 Å². The number of rotatable bonds is 5. The predicted octanol–water partition coefficient (Wildman–Crippen LogP) is 3.07. The van der Waals surface area contributed by atoms with Gasteiger partial charge < -0.3 is 10.2 Å². The van der Waals surface area contributed by atoms with Crippen molar-refractivity contribution >= 4 is 11.6 Å². The average molecular weight is 248 g/mol. The molecule has 18 heavy (non-hydrogen) atoms. The van der Waals surface area contributed by atoms with Crippen LogP contribution in [0.1, 0.15) is 46.0 Å². The Morgan fingerprint density at radius 2 is 2.22 bits per heavy atom. The molecule has 0 aromatic carbocycles. The minimum atomic E-state index is 0.660. The fourth-order valence-corrected chi connectivity index (χ4v) is 2.72. The van der Waals surface area contributed by atoms with Gasteiger partial charge in [-0.15, -0.1) is 0 Å². The molecule has 1 atom stereocenters. The second kappa shape index (κ2) is 6.57. The maximum atomic E-state index is 4.45. The molecule has 0 amide bonds. The minimum Gasteiger partial charge on any atom is -0.370 e. The smallest absolute Gasteiger partial charge is 0.134 e. The molecule has 0 radical (unpaired) electrons. The summed E-state index contributed by atoms with van der Waals surface area (Å²) in [5.41, 5.74) is 0. The molecule has 4 heteroatoms. The molecule has 1 fully saturated rings. The lowest BCUT2D eigenvalue weighted by molar-refractivity contribution is 0.432. The molecule has 1 unspecified atom stereocenters. The van der Waals surface area contributed by atoms with E-state index in [4.69, 9.17) is 0 Å². The van der Waals surface area contributed by atoms with Crippen LogP contribution < -0.4 is 10.2 Å². The molecule has 0 aliphatic carbocycles. The Morgan fingerprint density at radius 3 is 3.00 bits per heavy atom. The van der Waals surface area contributed by atoms with E-state index >= 15 is 0 Å². The molecule has 0 spiro atoms. The average Bonchev–Trinajstić information content (AvgIpc) is 2.40. The van der Waals surface area contributed by atoms with E-state index in [1.54, 1.807) is 6.33 Å². The first kappa shape index (κ1) is 13.1. The minimum absolute atomic E-state index is 0.660. The van der Waals surface area contributed by atoms with Crippen LogP contribution in [0.3, 0.4) is 0 Å². The van der Waals surface area contributed by atoms with E-state index in [1.807, 2.05) is 0 Å². The zero-order valence-electron chi connectivity index (χ0n) is 11.5. The molecule has 1 saturated heterocycles. The van der Waals surface area contributed by atoms with Gasteiger partial charge in [0.25, 0.3) is 0 Å². The maximum absolute atomic E-state index is 4.45. The highest BCUT2D eigenvalue weighted by atomic mass is 15.2. The molecule has 1 aromatic rings. The molecule has 4 nitrogen and oxygen atoms in total. The van der Waals surface area contributed by atoms with Gasteiger partial charge in [-0.25, -0.2) is 9.97 Å². The van der Waals surface area contributed by atoms with E-state index in [2.05, 4.69) is 40.1 Å². The molecule has 1 aliphatic rings. The SMILES string of the molecule is CCCC1CCCCN1c1cc(NCC)ncn1. The van der Waals surface area contributed by atoms with Crippen LogP contribution in [-0.4, -0.2) is 29.1 Å². The van der Waals surface area contributed by atoms with E-state index in [0.29, 0.717) is 6.04 Å². The second-order valence-electron chi connectivity index (χ2n) is 4.92. The molecular formula is C14H24N4. The lowest BCUT2D eigenvalue weighted by atomic mass is 9.98. The number of nitrogens with zero attached hydrogens (tertiary/aromatic N) is 3. The van der Waals surface area contributed by atoms with Crippen LogP contribution in [0.5, 0.6) is 0 Å². The molecule has 1 N–H and O–H groups in total. The van der Waals surface area contributed by atoms with E-state index in [-0.39, 0.29) is 0 Å². The summed E-state index contributed by atoms with van der Waals surface area (Å²) in [6, 6.07) is 2.74. The van der Waals surface area contributed by atoms with Crippen LogP contribution in [0.25, 0.3) is 0 Å². The largest absolute Gasteiger partial charge is 0.370 e. The van der Waals surface area contributed by atoms with Gasteiger partial charge in [0.1, 0.15) is 18.0 Å². The summed E-state index contributed by atoms with van der Waals surface area (Å²) in [4.78, 5) is 11.2. The van der Waals surface area contributed by atoms with Gasteiger partial charge in [0.05, 0.1) is 0 Å². The first-order valence-corrected chi connectivity index (χ1v) is 7.17. The standard InChI is InChI=1S/C14H24N4/c1-3-7-12-8-5-6-9-18(12)14-10-13(15-4-2)16-11-17-14/h10-12H,3-9H2,1-2H3,(H,15,16,17). The Bertz CT molecular complexity index is 365. The van der Waals surface area contributed by atoms with Crippen LogP contribution in [0, 0.1) is 0 Å². The molecule has 0 bridgehead atoms. The quantitative estimate of drug-likeness (QED) is 0.869. The van der Waals surface area contributed by atoms with Gasteiger partial charge in [-0.05, 0) is 32.6 Å². The van der Waals surface area contributed by atoms with Crippen molar-refractivity contribution in [1.82, 2.24) is 9.97 Å². The molecular weight excluding hydrogens is 224 g/mol. The number of hydrogen-bond acceptors (Lipinski definition) is 4. The second-order valence-corrected chi connectivity index (χ2v) is 4.92. The first-order chi connectivity index (χ1) is 8.85. The van der Waals surface area contributed by atoms with E-state index in [9.17, 15) is 0 Å². The zero-order valence-corrected chi connectivity index (χ0v) is 11.5. The van der Waals surface area contributed by atoms with Crippen molar-refractivity contribution in [3.63, 3.8) is 0 Å². The Labute approximate surface area is 110 Å². The van der Waals surface area contributed by atoms with Crippen molar-refractivity contribution in [3.05, 3.63) is 12.4 Å². The van der Waals surface area contributed by atoms with Gasteiger partial charge in [0.15, 0.2) is 0 Å². The molecule has 1 aliphatic heterocycles. The van der Waals surface area contributed by atoms with Gasteiger partial charge in [0.2, 0.25) is 0 Å². The topological polar surface area (TPSA) is 41.0 Å². The number of anilines is 2. The third kappa shape index (κ3) is 3.12. The van der Waals surface area contributed by atoms with Gasteiger partial charge in [-0.2, -0.15) is 0 Å². The van der Waals surface area contributed by atoms with Crippen molar-refractivity contribution in [2.45, 2.75) is 52.0 Å². The van der Waals surface area contributed by atoms with Crippen LogP contribution in [0.4, 0.5) is 11.6 Å². The summed E-state index contributed by atoms with van der Waals surface area (Å²) in [6.45, 7) is 6.38. The maximum Gasteiger partial charge on any atom is 0.134 e. The third-order valence-corrected chi connectivity index (χ3v) is 3.55. The third-order valence-electron chi connectivity index (χ3n) is 3.55. The highest BCUT2D eigenvalue weighted by Crippen LogP contribution is 2.26. The summed E-state index contributed by atoms with van der Waals surface area (Å²) in [5, 5.41) is 3.26. The summed E-state index contributed by atoms with van der Waals surface area (Å²) >= 11 is 0. The fraction of sp³-hybridized carbons (Fsp3) is 0.714. The summed E-state index contributed by atoms with van der Waals surface area (Å²) in [5.74, 6) is 2.02. The highest BCUT2D eigenvalue weighted by Gasteiger charge is 2.22. The highest BCUT2D eigenvalue weighted by molar-refractivity contribution is 5.49. The molecule has 100 valence electrons. The number of hydrogen-bond donors (Lipinski definition) is 1. The van der Waals surface area contributed by atoms with Gasteiger partial charge in [0, 0.05) is 25.2 Å².